The van der Waals surface area contributed by atoms with Gasteiger partial charge in [-0.25, -0.2) is 0 Å². The van der Waals surface area contributed by atoms with E-state index in [1.54, 1.807) is 11.8 Å². The monoisotopic (exact) mass is 327 g/mol. The minimum absolute atomic E-state index is 0.0691. The van der Waals surface area contributed by atoms with Crippen molar-refractivity contribution in [1.29, 1.82) is 0 Å². The Hall–Kier alpha value is -1.45. The van der Waals surface area contributed by atoms with Gasteiger partial charge in [-0.05, 0) is 28.8 Å². The van der Waals surface area contributed by atoms with Crippen molar-refractivity contribution in [3.05, 3.63) is 17.5 Å². The van der Waals surface area contributed by atoms with Crippen molar-refractivity contribution in [3.8, 4) is 10.7 Å². The van der Waals surface area contributed by atoms with Crippen molar-refractivity contribution in [2.24, 2.45) is 0 Å². The van der Waals surface area contributed by atoms with Gasteiger partial charge in [0.1, 0.15) is 6.54 Å². The fourth-order valence-corrected chi connectivity index (χ4v) is 2.96. The summed E-state index contributed by atoms with van der Waals surface area (Å²) in [5.74, 6) is 2.14. The van der Waals surface area contributed by atoms with Crippen molar-refractivity contribution < 1.29 is 9.90 Å². The van der Waals surface area contributed by atoms with Gasteiger partial charge in [-0.3, -0.25) is 4.79 Å². The fourth-order valence-electron chi connectivity index (χ4n) is 1.53. The molecule has 0 atom stereocenters. The van der Waals surface area contributed by atoms with Crippen LogP contribution in [0.4, 0.5) is 0 Å². The van der Waals surface area contributed by atoms with Gasteiger partial charge in [-0.2, -0.15) is 16.6 Å². The molecule has 9 heteroatoms. The third-order valence-corrected chi connectivity index (χ3v) is 4.43. The normalized spacial score (nSPS) is 10.7. The van der Waals surface area contributed by atoms with Gasteiger partial charge in [0, 0.05) is 18.9 Å². The molecule has 2 N–H and O–H groups in total. The van der Waals surface area contributed by atoms with E-state index in [2.05, 4.69) is 20.7 Å². The van der Waals surface area contributed by atoms with E-state index in [0.717, 1.165) is 22.8 Å². The van der Waals surface area contributed by atoms with Crippen molar-refractivity contribution in [2.75, 3.05) is 24.7 Å². The van der Waals surface area contributed by atoms with Crippen LogP contribution in [0, 0.1) is 0 Å². The number of rotatable bonds is 9. The molecule has 2 aromatic heterocycles. The number of tetrazole rings is 1. The number of aromatic nitrogens is 4. The first-order valence-electron chi connectivity index (χ1n) is 6.56. The summed E-state index contributed by atoms with van der Waals surface area (Å²) in [4.78, 5) is 13.9. The first-order valence-corrected chi connectivity index (χ1v) is 8.60. The Bertz CT molecular complexity index is 544. The molecule has 1 amide bonds. The molecule has 7 nitrogen and oxygen atoms in total. The van der Waals surface area contributed by atoms with Crippen molar-refractivity contribution in [1.82, 2.24) is 25.5 Å². The van der Waals surface area contributed by atoms with E-state index >= 15 is 0 Å². The van der Waals surface area contributed by atoms with Crippen LogP contribution in [-0.4, -0.2) is 55.9 Å². The molecule has 0 saturated carbocycles. The van der Waals surface area contributed by atoms with Crippen molar-refractivity contribution in [2.45, 2.75) is 13.0 Å². The Morgan fingerprint density at radius 3 is 3.14 bits per heavy atom. The molecule has 0 aliphatic heterocycles. The second kappa shape index (κ2) is 8.75. The highest BCUT2D eigenvalue weighted by atomic mass is 32.2. The molecule has 0 aliphatic rings. The number of hydrogen-bond donors (Lipinski definition) is 2. The van der Waals surface area contributed by atoms with E-state index in [0.29, 0.717) is 12.4 Å². The summed E-state index contributed by atoms with van der Waals surface area (Å²) in [5.41, 5.74) is 0. The predicted molar refractivity (Wildman–Crippen MR) is 83.2 cm³/mol. The van der Waals surface area contributed by atoms with Gasteiger partial charge in [0.15, 0.2) is 0 Å². The van der Waals surface area contributed by atoms with E-state index in [-0.39, 0.29) is 19.1 Å². The van der Waals surface area contributed by atoms with Crippen molar-refractivity contribution >= 4 is 29.0 Å². The SMILES string of the molecule is O=C(Cn1nnc(-c2cccs2)n1)NCCSCCCO. The van der Waals surface area contributed by atoms with Gasteiger partial charge in [-0.1, -0.05) is 6.07 Å². The zero-order chi connectivity index (χ0) is 14.9. The number of nitrogens with one attached hydrogen (secondary N) is 1. The van der Waals surface area contributed by atoms with Crippen LogP contribution in [0.2, 0.25) is 0 Å². The Morgan fingerprint density at radius 2 is 2.38 bits per heavy atom. The Morgan fingerprint density at radius 1 is 1.48 bits per heavy atom. The van der Waals surface area contributed by atoms with E-state index in [1.807, 2.05) is 17.5 Å². The Kier molecular flexibility index (Phi) is 6.64. The smallest absolute Gasteiger partial charge is 0.243 e. The van der Waals surface area contributed by atoms with Crippen LogP contribution in [0.3, 0.4) is 0 Å². The van der Waals surface area contributed by atoms with Crippen LogP contribution in [0.5, 0.6) is 0 Å². The van der Waals surface area contributed by atoms with Gasteiger partial charge in [0.2, 0.25) is 11.7 Å². The molecule has 0 unspecified atom stereocenters. The van der Waals surface area contributed by atoms with E-state index < -0.39 is 0 Å². The molecule has 114 valence electrons. The molecule has 0 fully saturated rings. The molecule has 2 aromatic rings. The van der Waals surface area contributed by atoms with Gasteiger partial charge in [0.05, 0.1) is 4.88 Å². The van der Waals surface area contributed by atoms with Gasteiger partial charge in [-0.15, -0.1) is 21.5 Å². The number of aliphatic hydroxyl groups is 1. The maximum absolute atomic E-state index is 11.7. The Labute approximate surface area is 130 Å². The molecule has 21 heavy (non-hydrogen) atoms. The summed E-state index contributed by atoms with van der Waals surface area (Å²) in [5, 5.41) is 25.4. The summed E-state index contributed by atoms with van der Waals surface area (Å²) in [7, 11) is 0. The number of nitrogens with zero attached hydrogens (tertiary/aromatic N) is 4. The van der Waals surface area contributed by atoms with Gasteiger partial charge < -0.3 is 10.4 Å². The van der Waals surface area contributed by atoms with E-state index in [4.69, 9.17) is 5.11 Å². The number of thioether (sulfide) groups is 1. The third-order valence-electron chi connectivity index (χ3n) is 2.49. The topological polar surface area (TPSA) is 92.9 Å². The lowest BCUT2D eigenvalue weighted by molar-refractivity contribution is -0.121. The lowest BCUT2D eigenvalue weighted by atomic mass is 10.5. The molecule has 0 radical (unpaired) electrons. The highest BCUT2D eigenvalue weighted by molar-refractivity contribution is 7.99. The zero-order valence-electron chi connectivity index (χ0n) is 11.4. The van der Waals surface area contributed by atoms with Crippen LogP contribution in [-0.2, 0) is 11.3 Å². The van der Waals surface area contributed by atoms with E-state index in [1.165, 1.54) is 16.1 Å². The molecular formula is C12H17N5O2S2. The lowest BCUT2D eigenvalue weighted by Gasteiger charge is -2.03. The number of thiophene rings is 1. The highest BCUT2D eigenvalue weighted by Crippen LogP contribution is 2.19. The van der Waals surface area contributed by atoms with Crippen LogP contribution < -0.4 is 5.32 Å². The fraction of sp³-hybridized carbons (Fsp3) is 0.500. The number of carbonyl (C=O) groups is 1. The van der Waals surface area contributed by atoms with Gasteiger partial charge in [0.25, 0.3) is 0 Å². The maximum Gasteiger partial charge on any atom is 0.243 e. The van der Waals surface area contributed by atoms with Crippen LogP contribution >= 0.6 is 23.1 Å². The van der Waals surface area contributed by atoms with Crippen LogP contribution in [0.25, 0.3) is 10.7 Å². The molecular weight excluding hydrogens is 310 g/mol. The zero-order valence-corrected chi connectivity index (χ0v) is 13.1. The minimum atomic E-state index is -0.132. The third kappa shape index (κ3) is 5.44. The number of carbonyl (C=O) groups excluding carboxylic acids is 1. The summed E-state index contributed by atoms with van der Waals surface area (Å²) in [6.07, 6.45) is 0.785. The van der Waals surface area contributed by atoms with Crippen LogP contribution in [0.15, 0.2) is 17.5 Å². The first kappa shape index (κ1) is 15.9. The summed E-state index contributed by atoms with van der Waals surface area (Å²) in [6.45, 7) is 0.880. The average Bonchev–Trinajstić information content (AvgIpc) is 3.13. The average molecular weight is 327 g/mol. The summed E-state index contributed by atoms with van der Waals surface area (Å²) < 4.78 is 0. The first-order chi connectivity index (χ1) is 10.3. The largest absolute Gasteiger partial charge is 0.396 e. The van der Waals surface area contributed by atoms with Crippen molar-refractivity contribution in [3.63, 3.8) is 0 Å². The molecule has 0 spiro atoms. The molecule has 0 aromatic carbocycles. The number of aliphatic hydroxyl groups excluding tert-OH is 1. The molecule has 0 saturated heterocycles. The second-order valence-corrected chi connectivity index (χ2v) is 6.33. The second-order valence-electron chi connectivity index (χ2n) is 4.16. The predicted octanol–water partition coefficient (Wildman–Crippen LogP) is 0.633. The standard InChI is InChI=1S/C12H17N5O2S2/c18-5-2-6-20-8-4-13-11(19)9-17-15-12(14-16-17)10-3-1-7-21-10/h1,3,7,18H,2,4-6,8-9H2,(H,13,19). The maximum atomic E-state index is 11.7. The quantitative estimate of drug-likeness (QED) is 0.656. The number of amides is 1. The van der Waals surface area contributed by atoms with Crippen LogP contribution in [0.1, 0.15) is 6.42 Å². The highest BCUT2D eigenvalue weighted by Gasteiger charge is 2.09. The molecule has 2 rings (SSSR count). The molecule has 0 aliphatic carbocycles. The molecule has 0 bridgehead atoms. The van der Waals surface area contributed by atoms with E-state index in [9.17, 15) is 4.79 Å². The minimum Gasteiger partial charge on any atom is -0.396 e. The summed E-state index contributed by atoms with van der Waals surface area (Å²) >= 11 is 3.24. The molecule has 2 heterocycles. The van der Waals surface area contributed by atoms with Gasteiger partial charge >= 0.3 is 0 Å². The Balaban J connectivity index is 1.68. The number of hydrogen-bond acceptors (Lipinski definition) is 7. The lowest BCUT2D eigenvalue weighted by Crippen LogP contribution is -2.30. The summed E-state index contributed by atoms with van der Waals surface area (Å²) in [6, 6.07) is 3.83.